The van der Waals surface area contributed by atoms with Crippen LogP contribution < -0.4 is 0 Å². The van der Waals surface area contributed by atoms with Gasteiger partial charge in [-0.25, -0.2) is 0 Å². The first-order valence-electron chi connectivity index (χ1n) is 0.408. The Hall–Kier alpha value is 1.52. The van der Waals surface area contributed by atoms with E-state index in [2.05, 4.69) is 0 Å². The molecule has 0 amide bonds. The molecule has 0 atom stereocenters. The van der Waals surface area contributed by atoms with E-state index in [1.54, 1.807) is 0 Å². The van der Waals surface area contributed by atoms with E-state index in [1.165, 1.54) is 0 Å². The first-order valence-corrected chi connectivity index (χ1v) is 1.68. The van der Waals surface area contributed by atoms with Gasteiger partial charge in [0.05, 0.1) is 0 Å². The summed E-state index contributed by atoms with van der Waals surface area (Å²) in [6, 6.07) is 0. The number of hydrogen-bond donors (Lipinski definition) is 0. The third-order valence-corrected chi connectivity index (χ3v) is 0. The Morgan fingerprint density at radius 1 is 0.833 bits per heavy atom. The molecule has 0 aliphatic rings. The van der Waals surface area contributed by atoms with Gasteiger partial charge in [0.25, 0.3) is 0 Å². The molecule has 34 valence electrons. The van der Waals surface area contributed by atoms with Crippen LogP contribution in [0.3, 0.4) is 0 Å². The van der Waals surface area contributed by atoms with Crippen molar-refractivity contribution in [1.29, 1.82) is 0 Å². The molecule has 0 fully saturated rings. The van der Waals surface area contributed by atoms with Crippen molar-refractivity contribution in [2.75, 3.05) is 0 Å². The topological polar surface area (TPSA) is 65.6 Å². The van der Waals surface area contributed by atoms with E-state index in [1.807, 2.05) is 0 Å². The van der Waals surface area contributed by atoms with Crippen LogP contribution in [-0.2, 0) is 47.5 Å². The molecule has 0 aromatic rings. The molecule has 0 saturated heterocycles. The van der Waals surface area contributed by atoms with E-state index in [4.69, 9.17) is 6.65 Å². The second kappa shape index (κ2) is 85.9. The average molecular weight is 176 g/mol. The van der Waals surface area contributed by atoms with Gasteiger partial charge in [-0.3, -0.25) is 0 Å². The molecule has 6 heavy (non-hydrogen) atoms. The van der Waals surface area contributed by atoms with Crippen LogP contribution in [0.1, 0.15) is 0 Å². The van der Waals surface area contributed by atoms with Crippen molar-refractivity contribution in [3.05, 3.63) is 0 Å². The summed E-state index contributed by atoms with van der Waals surface area (Å²) in [5.41, 5.74) is 0. The first-order chi connectivity index (χ1) is 2.00. The first kappa shape index (κ1) is 25.8. The fourth-order valence-corrected chi connectivity index (χ4v) is 0. The molecule has 2 N–H and O–H groups in total. The van der Waals surface area contributed by atoms with Crippen molar-refractivity contribution in [2.45, 2.75) is 0 Å². The molecule has 0 unspecified atom stereocenters. The predicted octanol–water partition coefficient (Wildman–Crippen LogP) is -2.25. The van der Waals surface area contributed by atoms with Crippen molar-refractivity contribution >= 4 is 17.4 Å². The molecule has 0 rings (SSSR count). The molecule has 0 spiro atoms. The van der Waals surface area contributed by atoms with E-state index in [0.717, 1.165) is 40.8 Å². The van der Waals surface area contributed by atoms with Gasteiger partial charge in [0.2, 0.25) is 0 Å². The number of rotatable bonds is 0. The fraction of sp³-hybridized carbons (Fsp3) is 0. The summed E-state index contributed by atoms with van der Waals surface area (Å²) in [6.45, 7) is 0. The standard InChI is InChI=1S/Al.H2O.2O.2Ti.3H/h;1H2;;;;;;;. The zero-order chi connectivity index (χ0) is 4.00. The van der Waals surface area contributed by atoms with Gasteiger partial charge in [-0.05, 0) is 0 Å². The molecule has 0 saturated carbocycles. The number of hydrogen-bond acceptors (Lipinski definition) is 2. The van der Waals surface area contributed by atoms with Gasteiger partial charge < -0.3 is 5.48 Å². The third kappa shape index (κ3) is 48.8. The Morgan fingerprint density at radius 2 is 0.833 bits per heavy atom. The molecular weight excluding hydrogens is 171 g/mol. The van der Waals surface area contributed by atoms with Crippen LogP contribution in [0.25, 0.3) is 0 Å². The maximum atomic E-state index is 8.25. The van der Waals surface area contributed by atoms with Crippen LogP contribution in [0.4, 0.5) is 0 Å². The summed E-state index contributed by atoms with van der Waals surface area (Å²) in [5.74, 6) is 0. The molecule has 0 bridgehead atoms. The molecule has 0 aliphatic heterocycles. The Morgan fingerprint density at radius 3 is 0.833 bits per heavy atom. The summed E-state index contributed by atoms with van der Waals surface area (Å²) < 4.78 is 16.5. The van der Waals surface area contributed by atoms with Crippen LogP contribution in [0.5, 0.6) is 0 Å². The molecular formula is H5AlO3Ti2. The van der Waals surface area contributed by atoms with Crippen LogP contribution in [0, 0.1) is 0 Å². The SMILES string of the molecule is O.[AlH3].[O]=[Ti].[O]=[Ti]. The molecule has 6 heteroatoms. The normalized spacial score (nSPS) is 1.00. The monoisotopic (exact) mass is 176 g/mol. The van der Waals surface area contributed by atoms with E-state index in [9.17, 15) is 0 Å². The van der Waals surface area contributed by atoms with Gasteiger partial charge in [-0.2, -0.15) is 0 Å². The summed E-state index contributed by atoms with van der Waals surface area (Å²) in [7, 11) is 0. The summed E-state index contributed by atoms with van der Waals surface area (Å²) in [5, 5.41) is 0. The van der Waals surface area contributed by atoms with Crippen LogP contribution in [0.15, 0.2) is 0 Å². The van der Waals surface area contributed by atoms with E-state index in [0.29, 0.717) is 0 Å². The second-order valence-corrected chi connectivity index (χ2v) is 0. The van der Waals surface area contributed by atoms with Crippen LogP contribution in [0.2, 0.25) is 0 Å². The molecule has 0 aromatic heterocycles. The predicted molar refractivity (Wildman–Crippen MR) is 14.9 cm³/mol. The Bertz CT molecular complexity index is 10.8. The minimum absolute atomic E-state index is 0. The molecule has 3 nitrogen and oxygen atoms in total. The van der Waals surface area contributed by atoms with Gasteiger partial charge in [0, 0.05) is 0 Å². The van der Waals surface area contributed by atoms with Gasteiger partial charge in [0.15, 0.2) is 17.4 Å². The third-order valence-electron chi connectivity index (χ3n) is 0. The Balaban J connectivity index is -0.00000000500. The van der Waals surface area contributed by atoms with Crippen molar-refractivity contribution in [1.82, 2.24) is 0 Å². The van der Waals surface area contributed by atoms with Crippen molar-refractivity contribution in [2.24, 2.45) is 0 Å². The van der Waals surface area contributed by atoms with Crippen molar-refractivity contribution < 1.29 is 52.9 Å². The van der Waals surface area contributed by atoms with E-state index >= 15 is 0 Å². The molecule has 0 aromatic carbocycles. The van der Waals surface area contributed by atoms with E-state index in [-0.39, 0.29) is 22.8 Å². The van der Waals surface area contributed by atoms with Crippen molar-refractivity contribution in [3.63, 3.8) is 0 Å². The van der Waals surface area contributed by atoms with Gasteiger partial charge in [0.1, 0.15) is 0 Å². The Kier molecular flexibility index (Phi) is 369. The van der Waals surface area contributed by atoms with Gasteiger partial charge in [-0.15, -0.1) is 0 Å². The van der Waals surface area contributed by atoms with E-state index < -0.39 is 0 Å². The summed E-state index contributed by atoms with van der Waals surface area (Å²) in [6.07, 6.45) is 0. The Labute approximate surface area is 69.8 Å². The fourth-order valence-electron chi connectivity index (χ4n) is 0. The second-order valence-electron chi connectivity index (χ2n) is 0. The van der Waals surface area contributed by atoms with Gasteiger partial charge >= 0.3 is 47.5 Å². The zero-order valence-electron chi connectivity index (χ0n) is 2.32. The quantitative estimate of drug-likeness (QED) is 0.391. The van der Waals surface area contributed by atoms with Gasteiger partial charge in [-0.1, -0.05) is 0 Å². The molecule has 0 radical (unpaired) electrons. The summed E-state index contributed by atoms with van der Waals surface area (Å²) >= 11 is 1.50. The van der Waals surface area contributed by atoms with Crippen LogP contribution in [-0.4, -0.2) is 22.8 Å². The molecule has 0 aliphatic carbocycles. The zero-order valence-corrected chi connectivity index (χ0v) is 5.44. The molecule has 0 heterocycles. The van der Waals surface area contributed by atoms with Crippen molar-refractivity contribution in [3.8, 4) is 0 Å². The minimum atomic E-state index is 0. The van der Waals surface area contributed by atoms with Crippen LogP contribution >= 0.6 is 0 Å². The summed E-state index contributed by atoms with van der Waals surface area (Å²) in [4.78, 5) is 0. The maximum absolute atomic E-state index is 8.25. The average Bonchev–Trinajstić information content (AvgIpc) is 1.50.